The lowest BCUT2D eigenvalue weighted by molar-refractivity contribution is 0.0699. The zero-order chi connectivity index (χ0) is 13.0. The van der Waals surface area contributed by atoms with Crippen LogP contribution in [0, 0.1) is 0 Å². The lowest BCUT2D eigenvalue weighted by Gasteiger charge is -2.27. The highest BCUT2D eigenvalue weighted by atomic mass is 35.5. The van der Waals surface area contributed by atoms with Gasteiger partial charge < -0.3 is 10.6 Å². The second-order valence-electron chi connectivity index (χ2n) is 3.94. The summed E-state index contributed by atoms with van der Waals surface area (Å²) < 4.78 is 0. The van der Waals surface area contributed by atoms with Crippen LogP contribution in [0.1, 0.15) is 37.6 Å². The van der Waals surface area contributed by atoms with Crippen LogP contribution in [0.5, 0.6) is 0 Å². The van der Waals surface area contributed by atoms with E-state index < -0.39 is 0 Å². The number of nitrogens with zero attached hydrogens (tertiary/aromatic N) is 2. The van der Waals surface area contributed by atoms with E-state index in [1.807, 2.05) is 13.8 Å². The Morgan fingerprint density at radius 3 is 2.71 bits per heavy atom. The first-order valence-corrected chi connectivity index (χ1v) is 6.11. The molecule has 1 rings (SSSR count). The Morgan fingerprint density at radius 1 is 1.59 bits per heavy atom. The monoisotopic (exact) mass is 255 g/mol. The summed E-state index contributed by atoms with van der Waals surface area (Å²) in [6.45, 7) is 6.69. The first-order chi connectivity index (χ1) is 8.01. The molecule has 0 saturated carbocycles. The first-order valence-electron chi connectivity index (χ1n) is 5.73. The lowest BCUT2D eigenvalue weighted by Crippen LogP contribution is -2.38. The average molecular weight is 256 g/mol. The number of hydrogen-bond donors (Lipinski definition) is 1. The van der Waals surface area contributed by atoms with E-state index in [2.05, 4.69) is 11.9 Å². The van der Waals surface area contributed by atoms with E-state index in [0.717, 1.165) is 6.42 Å². The molecule has 0 aliphatic rings. The Hall–Kier alpha value is -1.29. The highest BCUT2D eigenvalue weighted by Crippen LogP contribution is 2.18. The largest absolute Gasteiger partial charge is 0.382 e. The first kappa shape index (κ1) is 13.8. The molecule has 0 aromatic carbocycles. The van der Waals surface area contributed by atoms with Gasteiger partial charge in [0.05, 0.1) is 10.6 Å². The molecule has 1 heterocycles. The van der Waals surface area contributed by atoms with Crippen molar-refractivity contribution in [2.75, 3.05) is 12.3 Å². The van der Waals surface area contributed by atoms with Gasteiger partial charge >= 0.3 is 0 Å². The molecule has 94 valence electrons. The van der Waals surface area contributed by atoms with Crippen LogP contribution in [0.2, 0.25) is 5.02 Å². The molecule has 0 aliphatic carbocycles. The van der Waals surface area contributed by atoms with Gasteiger partial charge in [0.2, 0.25) is 0 Å². The van der Waals surface area contributed by atoms with Crippen LogP contribution in [0.4, 0.5) is 5.82 Å². The molecule has 5 heteroatoms. The summed E-state index contributed by atoms with van der Waals surface area (Å²) in [5, 5.41) is 0.316. The van der Waals surface area contributed by atoms with E-state index in [1.165, 1.54) is 6.20 Å². The fourth-order valence-corrected chi connectivity index (χ4v) is 1.77. The van der Waals surface area contributed by atoms with Crippen LogP contribution >= 0.6 is 11.6 Å². The Balaban J connectivity index is 2.98. The Kier molecular flexibility index (Phi) is 4.75. The summed E-state index contributed by atoms with van der Waals surface area (Å²) in [5.74, 6) is 0.186. The molecule has 1 amide bonds. The van der Waals surface area contributed by atoms with Crippen molar-refractivity contribution in [1.29, 1.82) is 0 Å². The zero-order valence-corrected chi connectivity index (χ0v) is 11.2. The highest BCUT2D eigenvalue weighted by Gasteiger charge is 2.19. The predicted molar refractivity (Wildman–Crippen MR) is 70.1 cm³/mol. The lowest BCUT2D eigenvalue weighted by atomic mass is 10.1. The van der Waals surface area contributed by atoms with E-state index in [-0.39, 0.29) is 17.8 Å². The van der Waals surface area contributed by atoms with Crippen molar-refractivity contribution in [3.8, 4) is 0 Å². The molecule has 1 aromatic rings. The number of aromatic nitrogens is 1. The van der Waals surface area contributed by atoms with Crippen molar-refractivity contribution in [2.45, 2.75) is 33.2 Å². The molecular formula is C12H18ClN3O. The summed E-state index contributed by atoms with van der Waals surface area (Å²) in [6.07, 6.45) is 2.38. The van der Waals surface area contributed by atoms with Gasteiger partial charge in [0, 0.05) is 18.8 Å². The molecule has 0 saturated heterocycles. The number of nitrogens with two attached hydrogens (primary N) is 1. The van der Waals surface area contributed by atoms with Crippen LogP contribution in [-0.2, 0) is 0 Å². The van der Waals surface area contributed by atoms with Crippen LogP contribution < -0.4 is 5.73 Å². The third-order valence-corrected chi connectivity index (χ3v) is 3.14. The van der Waals surface area contributed by atoms with Crippen molar-refractivity contribution >= 4 is 23.3 Å². The molecule has 1 aromatic heterocycles. The molecule has 0 bridgehead atoms. The molecule has 1 atom stereocenters. The molecule has 4 nitrogen and oxygen atoms in total. The van der Waals surface area contributed by atoms with Crippen molar-refractivity contribution in [3.63, 3.8) is 0 Å². The van der Waals surface area contributed by atoms with Gasteiger partial charge in [-0.2, -0.15) is 0 Å². The third-order valence-electron chi connectivity index (χ3n) is 2.84. The van der Waals surface area contributed by atoms with Gasteiger partial charge in [0.15, 0.2) is 0 Å². The molecule has 0 radical (unpaired) electrons. The number of rotatable bonds is 4. The summed E-state index contributed by atoms with van der Waals surface area (Å²) in [6, 6.07) is 1.76. The molecule has 0 spiro atoms. The summed E-state index contributed by atoms with van der Waals surface area (Å²) >= 11 is 5.86. The van der Waals surface area contributed by atoms with Crippen LogP contribution in [0.25, 0.3) is 0 Å². The van der Waals surface area contributed by atoms with Crippen molar-refractivity contribution < 1.29 is 4.79 Å². The van der Waals surface area contributed by atoms with Crippen molar-refractivity contribution in [1.82, 2.24) is 9.88 Å². The maximum Gasteiger partial charge on any atom is 0.255 e. The SMILES string of the molecule is CCC(C)N(CC)C(=O)c1cnc(N)c(Cl)c1. The van der Waals surface area contributed by atoms with Gasteiger partial charge in [0.1, 0.15) is 5.82 Å². The van der Waals surface area contributed by atoms with Crippen LogP contribution in [0.3, 0.4) is 0 Å². The van der Waals surface area contributed by atoms with Crippen LogP contribution in [0.15, 0.2) is 12.3 Å². The minimum atomic E-state index is -0.0590. The standard InChI is InChI=1S/C12H18ClN3O/c1-4-8(3)16(5-2)12(17)9-6-10(13)11(14)15-7-9/h6-8H,4-5H2,1-3H3,(H2,14,15). The average Bonchev–Trinajstić information content (AvgIpc) is 2.33. The molecule has 0 fully saturated rings. The number of hydrogen-bond acceptors (Lipinski definition) is 3. The second-order valence-corrected chi connectivity index (χ2v) is 4.35. The Bertz CT molecular complexity index is 409. The Morgan fingerprint density at radius 2 is 2.24 bits per heavy atom. The predicted octanol–water partition coefficient (Wildman–Crippen LogP) is 2.58. The number of carbonyl (C=O) groups is 1. The molecule has 17 heavy (non-hydrogen) atoms. The van der Waals surface area contributed by atoms with Crippen molar-refractivity contribution in [3.05, 3.63) is 22.8 Å². The normalized spacial score (nSPS) is 12.2. The quantitative estimate of drug-likeness (QED) is 0.900. The third kappa shape index (κ3) is 3.09. The summed E-state index contributed by atoms with van der Waals surface area (Å²) in [7, 11) is 0. The summed E-state index contributed by atoms with van der Waals surface area (Å²) in [5.41, 5.74) is 5.99. The smallest absolute Gasteiger partial charge is 0.255 e. The maximum atomic E-state index is 12.2. The van der Waals surface area contributed by atoms with Gasteiger partial charge in [0.25, 0.3) is 5.91 Å². The second kappa shape index (κ2) is 5.87. The summed E-state index contributed by atoms with van der Waals surface area (Å²) in [4.78, 5) is 17.9. The van der Waals surface area contributed by atoms with Crippen LogP contribution in [-0.4, -0.2) is 28.4 Å². The van der Waals surface area contributed by atoms with Gasteiger partial charge in [-0.05, 0) is 26.3 Å². The number of anilines is 1. The maximum absolute atomic E-state index is 12.2. The van der Waals surface area contributed by atoms with E-state index in [1.54, 1.807) is 11.0 Å². The van der Waals surface area contributed by atoms with E-state index in [4.69, 9.17) is 17.3 Å². The van der Waals surface area contributed by atoms with E-state index >= 15 is 0 Å². The number of halogens is 1. The van der Waals surface area contributed by atoms with Gasteiger partial charge in [-0.15, -0.1) is 0 Å². The number of pyridine rings is 1. The minimum Gasteiger partial charge on any atom is -0.382 e. The molecular weight excluding hydrogens is 238 g/mol. The van der Waals surface area contributed by atoms with E-state index in [0.29, 0.717) is 17.1 Å². The molecule has 0 aliphatic heterocycles. The number of carbonyl (C=O) groups excluding carboxylic acids is 1. The van der Waals surface area contributed by atoms with E-state index in [9.17, 15) is 4.79 Å². The topological polar surface area (TPSA) is 59.2 Å². The zero-order valence-electron chi connectivity index (χ0n) is 10.4. The minimum absolute atomic E-state index is 0.0590. The van der Waals surface area contributed by atoms with Gasteiger partial charge in [-0.1, -0.05) is 18.5 Å². The van der Waals surface area contributed by atoms with Crippen molar-refractivity contribution in [2.24, 2.45) is 0 Å². The number of nitrogen functional groups attached to an aromatic ring is 1. The molecule has 2 N–H and O–H groups in total. The highest BCUT2D eigenvalue weighted by molar-refractivity contribution is 6.33. The fourth-order valence-electron chi connectivity index (χ4n) is 1.61. The Labute approximate surface area is 107 Å². The molecule has 1 unspecified atom stereocenters. The van der Waals surface area contributed by atoms with Gasteiger partial charge in [-0.3, -0.25) is 4.79 Å². The van der Waals surface area contributed by atoms with Gasteiger partial charge in [-0.25, -0.2) is 4.98 Å². The number of amides is 1. The fraction of sp³-hybridized carbons (Fsp3) is 0.500.